The van der Waals surface area contributed by atoms with Crippen LogP contribution in [-0.4, -0.2) is 24.3 Å². The molecule has 3 heteroatoms. The van der Waals surface area contributed by atoms with Gasteiger partial charge in [-0.05, 0) is 25.0 Å². The van der Waals surface area contributed by atoms with Crippen LogP contribution in [-0.2, 0) is 16.0 Å². The number of carboxylic acids is 1. The Kier molecular flexibility index (Phi) is 3.86. The highest BCUT2D eigenvalue weighted by atomic mass is 16.5. The summed E-state index contributed by atoms with van der Waals surface area (Å²) in [5, 5.41) is 8.86. The van der Waals surface area contributed by atoms with Gasteiger partial charge in [0, 0.05) is 13.5 Å². The van der Waals surface area contributed by atoms with E-state index in [2.05, 4.69) is 0 Å². The molecule has 0 heterocycles. The molecule has 0 spiro atoms. The lowest BCUT2D eigenvalue weighted by Crippen LogP contribution is -2.25. The summed E-state index contributed by atoms with van der Waals surface area (Å²) in [7, 11) is 1.42. The molecule has 15 heavy (non-hydrogen) atoms. The smallest absolute Gasteiger partial charge is 0.333 e. The van der Waals surface area contributed by atoms with Crippen molar-refractivity contribution in [2.45, 2.75) is 26.4 Å². The summed E-state index contributed by atoms with van der Waals surface area (Å²) in [5.41, 5.74) is 3.31. The number of carbonyl (C=O) groups is 1. The molecule has 82 valence electrons. The predicted octanol–water partition coefficient (Wildman–Crippen LogP) is 1.95. The molecule has 0 unspecified atom stereocenters. The van der Waals surface area contributed by atoms with E-state index >= 15 is 0 Å². The van der Waals surface area contributed by atoms with Gasteiger partial charge in [-0.15, -0.1) is 0 Å². The molecule has 1 atom stereocenters. The third-order valence-electron chi connectivity index (χ3n) is 2.46. The van der Waals surface area contributed by atoms with E-state index in [4.69, 9.17) is 9.84 Å². The van der Waals surface area contributed by atoms with Gasteiger partial charge < -0.3 is 9.84 Å². The van der Waals surface area contributed by atoms with E-state index in [0.29, 0.717) is 6.42 Å². The quantitative estimate of drug-likeness (QED) is 0.822. The highest BCUT2D eigenvalue weighted by Gasteiger charge is 2.17. The van der Waals surface area contributed by atoms with Crippen molar-refractivity contribution in [3.05, 3.63) is 34.9 Å². The topological polar surface area (TPSA) is 46.5 Å². The van der Waals surface area contributed by atoms with Crippen molar-refractivity contribution in [3.63, 3.8) is 0 Å². The van der Waals surface area contributed by atoms with Gasteiger partial charge in [-0.25, -0.2) is 4.79 Å². The number of ether oxygens (including phenoxy) is 1. The fraction of sp³-hybridized carbons (Fsp3) is 0.417. The molecular weight excluding hydrogens is 192 g/mol. The summed E-state index contributed by atoms with van der Waals surface area (Å²) in [6.45, 7) is 4.00. The zero-order valence-electron chi connectivity index (χ0n) is 9.28. The van der Waals surface area contributed by atoms with Gasteiger partial charge in [0.05, 0.1) is 0 Å². The molecule has 3 nitrogen and oxygen atoms in total. The number of hydrogen-bond acceptors (Lipinski definition) is 2. The van der Waals surface area contributed by atoms with Crippen molar-refractivity contribution in [2.24, 2.45) is 0 Å². The second-order valence-corrected chi connectivity index (χ2v) is 3.70. The maximum atomic E-state index is 10.8. The molecule has 1 aromatic carbocycles. The SMILES string of the molecule is CO[C@H](Cc1ccc(C)cc1C)C(=O)O. The highest BCUT2D eigenvalue weighted by Crippen LogP contribution is 2.13. The van der Waals surface area contributed by atoms with Gasteiger partial charge in [0.15, 0.2) is 6.10 Å². The summed E-state index contributed by atoms with van der Waals surface area (Å²) in [5.74, 6) is -0.919. The van der Waals surface area contributed by atoms with E-state index < -0.39 is 12.1 Å². The van der Waals surface area contributed by atoms with Crippen LogP contribution in [0.15, 0.2) is 18.2 Å². The molecule has 0 radical (unpaired) electrons. The standard InChI is InChI=1S/C12H16O3/c1-8-4-5-10(9(2)6-8)7-11(15-3)12(13)14/h4-6,11H,7H2,1-3H3,(H,13,14)/t11-/m1/s1. The molecule has 0 aliphatic heterocycles. The second-order valence-electron chi connectivity index (χ2n) is 3.70. The van der Waals surface area contributed by atoms with E-state index in [1.54, 1.807) is 0 Å². The number of carboxylic acid groups (broad SMARTS) is 1. The average Bonchev–Trinajstić information content (AvgIpc) is 2.16. The van der Waals surface area contributed by atoms with Crippen molar-refractivity contribution in [2.75, 3.05) is 7.11 Å². The monoisotopic (exact) mass is 208 g/mol. The highest BCUT2D eigenvalue weighted by molar-refractivity contribution is 5.72. The fourth-order valence-corrected chi connectivity index (χ4v) is 1.55. The molecule has 0 aliphatic rings. The van der Waals surface area contributed by atoms with Crippen molar-refractivity contribution in [3.8, 4) is 0 Å². The minimum absolute atomic E-state index is 0.415. The van der Waals surface area contributed by atoms with Crippen molar-refractivity contribution in [1.29, 1.82) is 0 Å². The summed E-state index contributed by atoms with van der Waals surface area (Å²) in [6.07, 6.45) is -0.343. The minimum atomic E-state index is -0.919. The second kappa shape index (κ2) is 4.94. The van der Waals surface area contributed by atoms with Gasteiger partial charge in [0.25, 0.3) is 0 Å². The first kappa shape index (κ1) is 11.7. The van der Waals surface area contributed by atoms with Crippen molar-refractivity contribution >= 4 is 5.97 Å². The Morgan fingerprint density at radius 3 is 2.60 bits per heavy atom. The molecule has 0 fully saturated rings. The van der Waals surface area contributed by atoms with Crippen molar-refractivity contribution < 1.29 is 14.6 Å². The normalized spacial score (nSPS) is 12.5. The Bertz CT molecular complexity index is 358. The van der Waals surface area contributed by atoms with Gasteiger partial charge in [0.1, 0.15) is 0 Å². The number of aryl methyl sites for hydroxylation is 2. The van der Waals surface area contributed by atoms with E-state index in [1.165, 1.54) is 12.7 Å². The maximum absolute atomic E-state index is 10.8. The summed E-state index contributed by atoms with van der Waals surface area (Å²) < 4.78 is 4.90. The third-order valence-corrected chi connectivity index (χ3v) is 2.46. The van der Waals surface area contributed by atoms with Crippen LogP contribution in [0.4, 0.5) is 0 Å². The van der Waals surface area contributed by atoms with Crippen LogP contribution < -0.4 is 0 Å². The first-order valence-corrected chi connectivity index (χ1v) is 4.86. The Hall–Kier alpha value is -1.35. The largest absolute Gasteiger partial charge is 0.479 e. The zero-order chi connectivity index (χ0) is 11.4. The minimum Gasteiger partial charge on any atom is -0.479 e. The van der Waals surface area contributed by atoms with Crippen LogP contribution in [0, 0.1) is 13.8 Å². The maximum Gasteiger partial charge on any atom is 0.333 e. The summed E-state index contributed by atoms with van der Waals surface area (Å²) in [6, 6.07) is 5.99. The van der Waals surface area contributed by atoms with Gasteiger partial charge in [-0.3, -0.25) is 0 Å². The number of aliphatic carboxylic acids is 1. The van der Waals surface area contributed by atoms with Gasteiger partial charge in [0.2, 0.25) is 0 Å². The van der Waals surface area contributed by atoms with E-state index in [1.807, 2.05) is 32.0 Å². The van der Waals surface area contributed by atoms with Crippen LogP contribution in [0.3, 0.4) is 0 Å². The molecule has 1 rings (SSSR count). The number of methoxy groups -OCH3 is 1. The molecule has 0 saturated heterocycles. The summed E-state index contributed by atoms with van der Waals surface area (Å²) in [4.78, 5) is 10.8. The Morgan fingerprint density at radius 1 is 1.47 bits per heavy atom. The average molecular weight is 208 g/mol. The van der Waals surface area contributed by atoms with Crippen LogP contribution >= 0.6 is 0 Å². The molecule has 0 saturated carbocycles. The number of rotatable bonds is 4. The molecule has 1 aromatic rings. The molecule has 0 aliphatic carbocycles. The fourth-order valence-electron chi connectivity index (χ4n) is 1.55. The zero-order valence-corrected chi connectivity index (χ0v) is 9.28. The molecule has 0 bridgehead atoms. The molecule has 0 aromatic heterocycles. The van der Waals surface area contributed by atoms with Gasteiger partial charge in [-0.1, -0.05) is 23.8 Å². The van der Waals surface area contributed by atoms with E-state index in [9.17, 15) is 4.79 Å². The Labute approximate surface area is 89.7 Å². The van der Waals surface area contributed by atoms with Crippen LogP contribution in [0.25, 0.3) is 0 Å². The summed E-state index contributed by atoms with van der Waals surface area (Å²) >= 11 is 0. The Balaban J connectivity index is 2.84. The number of benzene rings is 1. The van der Waals surface area contributed by atoms with Crippen LogP contribution in [0.2, 0.25) is 0 Å². The van der Waals surface area contributed by atoms with E-state index in [-0.39, 0.29) is 0 Å². The van der Waals surface area contributed by atoms with Gasteiger partial charge >= 0.3 is 5.97 Å². The van der Waals surface area contributed by atoms with Crippen LogP contribution in [0.1, 0.15) is 16.7 Å². The van der Waals surface area contributed by atoms with Crippen molar-refractivity contribution in [1.82, 2.24) is 0 Å². The first-order chi connectivity index (χ1) is 7.04. The molecular formula is C12H16O3. The Morgan fingerprint density at radius 2 is 2.13 bits per heavy atom. The molecule has 0 amide bonds. The number of hydrogen-bond donors (Lipinski definition) is 1. The molecule has 1 N–H and O–H groups in total. The third kappa shape index (κ3) is 3.06. The predicted molar refractivity (Wildman–Crippen MR) is 58.1 cm³/mol. The van der Waals surface area contributed by atoms with E-state index in [0.717, 1.165) is 11.1 Å². The lowest BCUT2D eigenvalue weighted by Gasteiger charge is -2.12. The lowest BCUT2D eigenvalue weighted by atomic mass is 10.0. The van der Waals surface area contributed by atoms with Gasteiger partial charge in [-0.2, -0.15) is 0 Å². The van der Waals surface area contributed by atoms with Crippen LogP contribution in [0.5, 0.6) is 0 Å². The first-order valence-electron chi connectivity index (χ1n) is 4.86. The lowest BCUT2D eigenvalue weighted by molar-refractivity contribution is -0.148.